The molecule has 0 bridgehead atoms. The highest BCUT2D eigenvalue weighted by Crippen LogP contribution is 2.38. The van der Waals surface area contributed by atoms with Crippen molar-refractivity contribution in [1.82, 2.24) is 15.1 Å². The number of hydrogen-bond donors (Lipinski definition) is 2. The number of nitrogens with two attached hydrogens (primary N) is 1. The number of nitrogens with one attached hydrogen (secondary N) is 1. The number of benzene rings is 2. The van der Waals surface area contributed by atoms with E-state index in [1.165, 1.54) is 0 Å². The lowest BCUT2D eigenvalue weighted by atomic mass is 9.75. The van der Waals surface area contributed by atoms with Gasteiger partial charge in [-0.05, 0) is 60.6 Å². The summed E-state index contributed by atoms with van der Waals surface area (Å²) in [5.41, 5.74) is 11.2. The van der Waals surface area contributed by atoms with Crippen LogP contribution in [-0.4, -0.2) is 28.6 Å². The van der Waals surface area contributed by atoms with Crippen LogP contribution in [0.2, 0.25) is 0 Å². The summed E-state index contributed by atoms with van der Waals surface area (Å²) in [5.74, 6) is 0.668. The minimum Gasteiger partial charge on any atom is -0.497 e. The van der Waals surface area contributed by atoms with E-state index >= 15 is 0 Å². The fourth-order valence-electron chi connectivity index (χ4n) is 4.56. The molecule has 0 atom stereocenters. The molecular formula is C28H32N4O3. The average molecular weight is 473 g/mol. The van der Waals surface area contributed by atoms with E-state index < -0.39 is 0 Å². The molecule has 35 heavy (non-hydrogen) atoms. The van der Waals surface area contributed by atoms with E-state index in [-0.39, 0.29) is 17.1 Å². The van der Waals surface area contributed by atoms with Crippen molar-refractivity contribution in [2.75, 3.05) is 12.8 Å². The third-order valence-electron chi connectivity index (χ3n) is 6.33. The highest BCUT2D eigenvalue weighted by Gasteiger charge is 2.36. The van der Waals surface area contributed by atoms with Crippen LogP contribution in [-0.2, 0) is 19.4 Å². The number of anilines is 1. The van der Waals surface area contributed by atoms with Crippen LogP contribution in [0.4, 0.5) is 5.69 Å². The molecule has 0 saturated heterocycles. The van der Waals surface area contributed by atoms with Gasteiger partial charge in [-0.25, -0.2) is 4.68 Å². The van der Waals surface area contributed by atoms with Gasteiger partial charge in [0.1, 0.15) is 5.75 Å². The number of fused-ring (bicyclic) bond motifs is 1. The van der Waals surface area contributed by atoms with E-state index in [9.17, 15) is 9.59 Å². The molecule has 3 N–H and O–H groups in total. The molecule has 0 saturated carbocycles. The number of aromatic nitrogens is 2. The molecule has 4 rings (SSSR count). The van der Waals surface area contributed by atoms with Gasteiger partial charge in [0.05, 0.1) is 35.4 Å². The first-order valence-electron chi connectivity index (χ1n) is 11.8. The molecule has 1 amide bonds. The minimum atomic E-state index is -0.218. The van der Waals surface area contributed by atoms with E-state index in [2.05, 4.69) is 25.7 Å². The zero-order chi connectivity index (χ0) is 25.2. The first-order chi connectivity index (χ1) is 16.7. The first-order valence-corrected chi connectivity index (χ1v) is 11.8. The zero-order valence-electron chi connectivity index (χ0n) is 20.6. The van der Waals surface area contributed by atoms with Gasteiger partial charge >= 0.3 is 0 Å². The zero-order valence-corrected chi connectivity index (χ0v) is 20.6. The van der Waals surface area contributed by atoms with E-state index in [1.807, 2.05) is 30.3 Å². The third-order valence-corrected chi connectivity index (χ3v) is 6.33. The average Bonchev–Trinajstić information content (AvgIpc) is 3.18. The molecule has 0 fully saturated rings. The predicted octanol–water partition coefficient (Wildman–Crippen LogP) is 4.67. The molecule has 1 heterocycles. The number of carbonyl (C=O) groups is 2. The summed E-state index contributed by atoms with van der Waals surface area (Å²) in [6.07, 6.45) is 4.43. The van der Waals surface area contributed by atoms with Gasteiger partial charge in [0.2, 0.25) is 0 Å². The Balaban J connectivity index is 1.60. The number of rotatable bonds is 8. The number of nitrogens with zero attached hydrogens (tertiary/aromatic N) is 2. The van der Waals surface area contributed by atoms with Crippen LogP contribution in [0.3, 0.4) is 0 Å². The number of allylic oxidation sites excluding steroid dienone is 1. The quantitative estimate of drug-likeness (QED) is 0.367. The molecule has 1 aromatic heterocycles. The molecule has 0 aliphatic heterocycles. The second-order valence-electron chi connectivity index (χ2n) is 9.75. The Kier molecular flexibility index (Phi) is 6.78. The SMILES string of the molecule is C=CCCc1nn(-c2ccc(C(=O)NCc3ccc(OC)cc3)cc2N)c2c1C(=O)CC(C)(C)C2. The van der Waals surface area contributed by atoms with Crippen molar-refractivity contribution in [3.8, 4) is 11.4 Å². The van der Waals surface area contributed by atoms with Crippen LogP contribution in [0.5, 0.6) is 5.75 Å². The van der Waals surface area contributed by atoms with Gasteiger partial charge in [-0.15, -0.1) is 6.58 Å². The van der Waals surface area contributed by atoms with E-state index in [0.29, 0.717) is 41.9 Å². The van der Waals surface area contributed by atoms with Gasteiger partial charge in [0.25, 0.3) is 5.91 Å². The lowest BCUT2D eigenvalue weighted by Gasteiger charge is -2.29. The Morgan fingerprint density at radius 1 is 1.23 bits per heavy atom. The van der Waals surface area contributed by atoms with Gasteiger partial charge in [-0.3, -0.25) is 9.59 Å². The molecule has 0 unspecified atom stereocenters. The fourth-order valence-corrected chi connectivity index (χ4v) is 4.56. The highest BCUT2D eigenvalue weighted by atomic mass is 16.5. The number of carbonyl (C=O) groups excluding carboxylic acids is 2. The molecule has 0 spiro atoms. The minimum absolute atomic E-state index is 0.120. The number of ether oxygens (including phenoxy) is 1. The summed E-state index contributed by atoms with van der Waals surface area (Å²) in [6.45, 7) is 8.37. The number of ketones is 1. The second kappa shape index (κ2) is 9.78. The molecule has 7 nitrogen and oxygen atoms in total. The van der Waals surface area contributed by atoms with Gasteiger partial charge in [-0.1, -0.05) is 32.1 Å². The van der Waals surface area contributed by atoms with Crippen molar-refractivity contribution < 1.29 is 14.3 Å². The standard InChI is InChI=1S/C28H32N4O3/c1-5-6-7-22-26-24(15-28(2,3)16-25(26)33)32(31-22)23-13-10-19(14-21(23)29)27(34)30-17-18-8-11-20(35-4)12-9-18/h5,8-14H,1,6-7,15-17,29H2,2-4H3,(H,30,34). The smallest absolute Gasteiger partial charge is 0.251 e. The van der Waals surface area contributed by atoms with Crippen LogP contribution in [0.1, 0.15) is 64.4 Å². The number of methoxy groups -OCH3 is 1. The van der Waals surface area contributed by atoms with Crippen molar-refractivity contribution >= 4 is 17.4 Å². The van der Waals surface area contributed by atoms with Crippen molar-refractivity contribution in [3.63, 3.8) is 0 Å². The van der Waals surface area contributed by atoms with Gasteiger partial charge in [-0.2, -0.15) is 5.10 Å². The van der Waals surface area contributed by atoms with E-state index in [4.69, 9.17) is 15.6 Å². The molecule has 0 radical (unpaired) electrons. The van der Waals surface area contributed by atoms with Crippen LogP contribution >= 0.6 is 0 Å². The summed E-state index contributed by atoms with van der Waals surface area (Å²) in [6, 6.07) is 12.7. The van der Waals surface area contributed by atoms with Crippen LogP contribution in [0.25, 0.3) is 5.69 Å². The van der Waals surface area contributed by atoms with Crippen molar-refractivity contribution in [3.05, 3.63) is 83.2 Å². The Morgan fingerprint density at radius 2 is 1.97 bits per heavy atom. The normalized spacial score (nSPS) is 14.3. The van der Waals surface area contributed by atoms with Gasteiger partial charge in [0, 0.05) is 18.5 Å². The molecular weight excluding hydrogens is 440 g/mol. The van der Waals surface area contributed by atoms with Crippen LogP contribution in [0, 0.1) is 5.41 Å². The number of hydrogen-bond acceptors (Lipinski definition) is 5. The van der Waals surface area contributed by atoms with Crippen molar-refractivity contribution in [1.29, 1.82) is 0 Å². The molecule has 7 heteroatoms. The number of nitrogen functional groups attached to an aromatic ring is 1. The summed E-state index contributed by atoms with van der Waals surface area (Å²) in [4.78, 5) is 25.8. The summed E-state index contributed by atoms with van der Waals surface area (Å²) < 4.78 is 6.96. The maximum atomic E-state index is 13.0. The summed E-state index contributed by atoms with van der Waals surface area (Å²) >= 11 is 0. The number of aryl methyl sites for hydroxylation is 1. The molecule has 1 aliphatic rings. The Morgan fingerprint density at radius 3 is 2.63 bits per heavy atom. The van der Waals surface area contributed by atoms with Crippen LogP contribution in [0.15, 0.2) is 55.1 Å². The van der Waals surface area contributed by atoms with Crippen LogP contribution < -0.4 is 15.8 Å². The molecule has 182 valence electrons. The van der Waals surface area contributed by atoms with Gasteiger partial charge in [0.15, 0.2) is 5.78 Å². The lowest BCUT2D eigenvalue weighted by Crippen LogP contribution is -2.28. The lowest BCUT2D eigenvalue weighted by molar-refractivity contribution is 0.0908. The maximum Gasteiger partial charge on any atom is 0.251 e. The predicted molar refractivity (Wildman–Crippen MR) is 137 cm³/mol. The summed E-state index contributed by atoms with van der Waals surface area (Å²) in [5, 5.41) is 7.72. The Labute approximate surface area is 206 Å². The third kappa shape index (κ3) is 5.14. The van der Waals surface area contributed by atoms with Crippen molar-refractivity contribution in [2.24, 2.45) is 5.41 Å². The molecule has 1 aliphatic carbocycles. The monoisotopic (exact) mass is 472 g/mol. The van der Waals surface area contributed by atoms with Crippen molar-refractivity contribution in [2.45, 2.75) is 46.1 Å². The topological polar surface area (TPSA) is 99.2 Å². The van der Waals surface area contributed by atoms with E-state index in [0.717, 1.165) is 35.5 Å². The number of Topliss-reactive ketones (excluding diaryl/α,β-unsaturated/α-hetero) is 1. The number of amides is 1. The molecule has 2 aromatic carbocycles. The largest absolute Gasteiger partial charge is 0.497 e. The highest BCUT2D eigenvalue weighted by molar-refractivity contribution is 6.00. The molecule has 3 aromatic rings. The fraction of sp³-hybridized carbons (Fsp3) is 0.321. The Bertz CT molecular complexity index is 1270. The maximum absolute atomic E-state index is 13.0. The Hall–Kier alpha value is -3.87. The second-order valence-corrected chi connectivity index (χ2v) is 9.75. The van der Waals surface area contributed by atoms with Gasteiger partial charge < -0.3 is 15.8 Å². The first kappa shape index (κ1) is 24.3. The van der Waals surface area contributed by atoms with E-state index in [1.54, 1.807) is 30.0 Å². The summed E-state index contributed by atoms with van der Waals surface area (Å²) in [7, 11) is 1.62.